The third-order valence-electron chi connectivity index (χ3n) is 6.28. The first-order chi connectivity index (χ1) is 13.7. The fourth-order valence-electron chi connectivity index (χ4n) is 4.78. The smallest absolute Gasteiger partial charge is 0.223 e. The minimum Gasteiger partial charge on any atom is -0.458 e. The zero-order valence-electron chi connectivity index (χ0n) is 15.8. The summed E-state index contributed by atoms with van der Waals surface area (Å²) in [7, 11) is 0. The number of aromatic amines is 1. The van der Waals surface area contributed by atoms with Crippen LogP contribution in [0.5, 0.6) is 0 Å². The summed E-state index contributed by atoms with van der Waals surface area (Å²) in [6.07, 6.45) is 8.95. The van der Waals surface area contributed by atoms with E-state index in [1.807, 2.05) is 4.90 Å². The number of hydrogen-bond acceptors (Lipinski definition) is 3. The largest absolute Gasteiger partial charge is 0.458 e. The van der Waals surface area contributed by atoms with E-state index in [0.29, 0.717) is 35.6 Å². The van der Waals surface area contributed by atoms with E-state index in [9.17, 15) is 9.18 Å². The summed E-state index contributed by atoms with van der Waals surface area (Å²) in [5, 5.41) is 0.443. The topological polar surface area (TPSA) is 62.1 Å². The SMILES string of the molecule is O=C(CCC1CCCC1)N1CCc2[nH]cnc2[C@@H]1c1cc2c(F)cccc2o1. The maximum Gasteiger partial charge on any atom is 0.223 e. The Kier molecular flexibility index (Phi) is 4.41. The number of hydrogen-bond donors (Lipinski definition) is 1. The molecule has 1 N–H and O–H groups in total. The van der Waals surface area contributed by atoms with Crippen LogP contribution in [0, 0.1) is 11.7 Å². The van der Waals surface area contributed by atoms with E-state index < -0.39 is 6.04 Å². The summed E-state index contributed by atoms with van der Waals surface area (Å²) >= 11 is 0. The lowest BCUT2D eigenvalue weighted by Crippen LogP contribution is -2.40. The van der Waals surface area contributed by atoms with E-state index in [2.05, 4.69) is 9.97 Å². The van der Waals surface area contributed by atoms with Gasteiger partial charge in [0.05, 0.1) is 17.4 Å². The van der Waals surface area contributed by atoms with Crippen LogP contribution in [0.1, 0.15) is 61.7 Å². The van der Waals surface area contributed by atoms with E-state index in [-0.39, 0.29) is 11.7 Å². The second kappa shape index (κ2) is 7.08. The second-order valence-corrected chi connectivity index (χ2v) is 8.00. The Morgan fingerprint density at radius 2 is 2.18 bits per heavy atom. The van der Waals surface area contributed by atoms with Gasteiger partial charge in [-0.15, -0.1) is 0 Å². The summed E-state index contributed by atoms with van der Waals surface area (Å²) in [5.41, 5.74) is 2.32. The van der Waals surface area contributed by atoms with Gasteiger partial charge in [-0.2, -0.15) is 0 Å². The Morgan fingerprint density at radius 3 is 3.00 bits per heavy atom. The molecule has 1 atom stereocenters. The first-order valence-electron chi connectivity index (χ1n) is 10.2. The molecule has 1 aliphatic carbocycles. The Morgan fingerprint density at radius 1 is 1.32 bits per heavy atom. The van der Waals surface area contributed by atoms with Crippen LogP contribution in [0.3, 0.4) is 0 Å². The number of benzene rings is 1. The molecular formula is C22H24FN3O2. The Bertz CT molecular complexity index is 1000. The molecule has 1 aromatic carbocycles. The van der Waals surface area contributed by atoms with Gasteiger partial charge in [0.2, 0.25) is 5.91 Å². The maximum absolute atomic E-state index is 14.2. The molecule has 1 aliphatic heterocycles. The summed E-state index contributed by atoms with van der Waals surface area (Å²) < 4.78 is 20.2. The lowest BCUT2D eigenvalue weighted by atomic mass is 9.97. The highest BCUT2D eigenvalue weighted by Crippen LogP contribution is 2.37. The minimum atomic E-state index is -0.405. The molecule has 0 bridgehead atoms. The van der Waals surface area contributed by atoms with Crippen LogP contribution in [0.15, 0.2) is 35.0 Å². The highest BCUT2D eigenvalue weighted by molar-refractivity contribution is 5.80. The lowest BCUT2D eigenvalue weighted by molar-refractivity contribution is -0.134. The molecule has 0 saturated heterocycles. The number of carbonyl (C=O) groups is 1. The standard InChI is InChI=1S/C22H24FN3O2/c23-16-6-3-7-18-15(16)12-19(28-18)22-21-17(24-13-25-21)10-11-26(22)20(27)9-8-14-4-1-2-5-14/h3,6-7,12-14,22H,1-2,4-5,8-11H2,(H,24,25)/t22-/m0/s1. The van der Waals surface area contributed by atoms with Gasteiger partial charge in [0, 0.05) is 25.1 Å². The van der Waals surface area contributed by atoms with Gasteiger partial charge in [0.15, 0.2) is 0 Å². The zero-order valence-corrected chi connectivity index (χ0v) is 15.8. The first-order valence-corrected chi connectivity index (χ1v) is 10.2. The van der Waals surface area contributed by atoms with Gasteiger partial charge in [-0.3, -0.25) is 4.79 Å². The predicted octanol–water partition coefficient (Wildman–Crippen LogP) is 4.74. The van der Waals surface area contributed by atoms with E-state index in [1.165, 1.54) is 31.7 Å². The number of halogens is 1. The molecule has 146 valence electrons. The number of H-pyrrole nitrogens is 1. The van der Waals surface area contributed by atoms with Gasteiger partial charge in [0.1, 0.15) is 23.2 Å². The number of furan rings is 1. The third-order valence-corrected chi connectivity index (χ3v) is 6.28. The molecule has 6 heteroatoms. The molecule has 2 aromatic heterocycles. The van der Waals surface area contributed by atoms with Crippen LogP contribution in [0.25, 0.3) is 11.0 Å². The normalized spacial score (nSPS) is 20.0. The van der Waals surface area contributed by atoms with E-state index in [0.717, 1.165) is 24.2 Å². The molecule has 28 heavy (non-hydrogen) atoms. The number of imidazole rings is 1. The maximum atomic E-state index is 14.2. The molecule has 5 rings (SSSR count). The van der Waals surface area contributed by atoms with E-state index in [1.54, 1.807) is 24.5 Å². The highest BCUT2D eigenvalue weighted by Gasteiger charge is 2.36. The summed E-state index contributed by atoms with van der Waals surface area (Å²) in [4.78, 5) is 22.6. The minimum absolute atomic E-state index is 0.131. The summed E-state index contributed by atoms with van der Waals surface area (Å²) in [6, 6.07) is 6.13. The van der Waals surface area contributed by atoms with Crippen LogP contribution >= 0.6 is 0 Å². The van der Waals surface area contributed by atoms with Crippen molar-refractivity contribution in [2.45, 2.75) is 51.0 Å². The van der Waals surface area contributed by atoms with Crippen molar-refractivity contribution in [2.75, 3.05) is 6.54 Å². The van der Waals surface area contributed by atoms with Crippen molar-refractivity contribution >= 4 is 16.9 Å². The van der Waals surface area contributed by atoms with Crippen LogP contribution in [0.4, 0.5) is 4.39 Å². The molecule has 1 fully saturated rings. The molecule has 5 nitrogen and oxygen atoms in total. The van der Waals surface area contributed by atoms with Gasteiger partial charge in [0.25, 0.3) is 0 Å². The van der Waals surface area contributed by atoms with Crippen molar-refractivity contribution in [3.63, 3.8) is 0 Å². The third kappa shape index (κ3) is 3.01. The summed E-state index contributed by atoms with van der Waals surface area (Å²) in [6.45, 7) is 0.614. The zero-order chi connectivity index (χ0) is 19.1. The molecule has 1 saturated carbocycles. The molecule has 2 aliphatic rings. The molecule has 3 aromatic rings. The van der Waals surface area contributed by atoms with E-state index >= 15 is 0 Å². The van der Waals surface area contributed by atoms with Crippen molar-refractivity contribution in [1.29, 1.82) is 0 Å². The Labute approximate surface area is 162 Å². The van der Waals surface area contributed by atoms with Crippen LogP contribution in [-0.4, -0.2) is 27.3 Å². The molecule has 0 radical (unpaired) electrons. The van der Waals surface area contributed by atoms with Crippen LogP contribution in [0.2, 0.25) is 0 Å². The number of fused-ring (bicyclic) bond motifs is 2. The number of nitrogens with one attached hydrogen (secondary N) is 1. The lowest BCUT2D eigenvalue weighted by Gasteiger charge is -2.34. The van der Waals surface area contributed by atoms with Gasteiger partial charge in [-0.1, -0.05) is 31.7 Å². The average Bonchev–Trinajstić information content (AvgIpc) is 3.45. The molecule has 0 unspecified atom stereocenters. The van der Waals surface area contributed by atoms with Crippen molar-refractivity contribution in [3.05, 3.63) is 53.6 Å². The van der Waals surface area contributed by atoms with Gasteiger partial charge >= 0.3 is 0 Å². The molecule has 0 spiro atoms. The van der Waals surface area contributed by atoms with Crippen molar-refractivity contribution < 1.29 is 13.6 Å². The monoisotopic (exact) mass is 381 g/mol. The van der Waals surface area contributed by atoms with Gasteiger partial charge in [-0.25, -0.2) is 9.37 Å². The number of nitrogens with zero attached hydrogens (tertiary/aromatic N) is 2. The molecular weight excluding hydrogens is 357 g/mol. The van der Waals surface area contributed by atoms with Crippen LogP contribution in [-0.2, 0) is 11.2 Å². The number of aromatic nitrogens is 2. The fraction of sp³-hybridized carbons (Fsp3) is 0.455. The average molecular weight is 381 g/mol. The highest BCUT2D eigenvalue weighted by atomic mass is 19.1. The van der Waals surface area contributed by atoms with Crippen LogP contribution < -0.4 is 0 Å². The number of amides is 1. The van der Waals surface area contributed by atoms with Gasteiger partial charge < -0.3 is 14.3 Å². The van der Waals surface area contributed by atoms with Crippen molar-refractivity contribution in [2.24, 2.45) is 5.92 Å². The van der Waals surface area contributed by atoms with E-state index in [4.69, 9.17) is 4.42 Å². The molecule has 3 heterocycles. The number of carbonyl (C=O) groups excluding carboxylic acids is 1. The van der Waals surface area contributed by atoms with Crippen molar-refractivity contribution in [1.82, 2.24) is 14.9 Å². The Balaban J connectivity index is 1.47. The van der Waals surface area contributed by atoms with Crippen molar-refractivity contribution in [3.8, 4) is 0 Å². The summed E-state index contributed by atoms with van der Waals surface area (Å²) in [5.74, 6) is 1.06. The predicted molar refractivity (Wildman–Crippen MR) is 103 cm³/mol. The quantitative estimate of drug-likeness (QED) is 0.710. The first kappa shape index (κ1) is 17.5. The Hall–Kier alpha value is -2.63. The van der Waals surface area contributed by atoms with Gasteiger partial charge in [-0.05, 0) is 30.5 Å². The molecule has 1 amide bonds. The second-order valence-electron chi connectivity index (χ2n) is 8.00. The number of rotatable bonds is 4. The fourth-order valence-corrected chi connectivity index (χ4v) is 4.78.